The SMILES string of the molecule is C=CCc1cc(/C=C(/C#N)c2nc3ccc(OC)cc3[nH]2)cc(OCC)c1OCc1ccc(I)cc1. The van der Waals surface area contributed by atoms with Crippen LogP contribution in [-0.4, -0.2) is 23.7 Å². The summed E-state index contributed by atoms with van der Waals surface area (Å²) in [5.41, 5.74) is 4.77. The highest BCUT2D eigenvalue weighted by Gasteiger charge is 2.15. The average Bonchev–Trinajstić information content (AvgIpc) is 3.31. The highest BCUT2D eigenvalue weighted by atomic mass is 127. The van der Waals surface area contributed by atoms with Crippen molar-refractivity contribution in [3.05, 3.63) is 93.3 Å². The Bertz CT molecular complexity index is 1450. The van der Waals surface area contributed by atoms with Gasteiger partial charge in [0.2, 0.25) is 0 Å². The largest absolute Gasteiger partial charge is 0.497 e. The van der Waals surface area contributed by atoms with Crippen LogP contribution in [0.3, 0.4) is 0 Å². The van der Waals surface area contributed by atoms with Gasteiger partial charge in [-0.3, -0.25) is 0 Å². The predicted octanol–water partition coefficient (Wildman–Crippen LogP) is 6.95. The minimum atomic E-state index is 0.407. The summed E-state index contributed by atoms with van der Waals surface area (Å²) in [6, 6.07) is 19.9. The van der Waals surface area contributed by atoms with Crippen LogP contribution in [0, 0.1) is 14.9 Å². The summed E-state index contributed by atoms with van der Waals surface area (Å²) in [6.45, 7) is 6.74. The molecule has 4 aromatic rings. The molecule has 0 atom stereocenters. The van der Waals surface area contributed by atoms with Crippen molar-refractivity contribution in [3.63, 3.8) is 0 Å². The standard InChI is InChI=1S/C29H26IN3O3/c1-4-6-21-13-20(14-22(17-31)29-32-25-12-11-24(34-3)16-26(25)33-29)15-27(35-5-2)28(21)36-18-19-7-9-23(30)10-8-19/h4,7-16H,1,5-6,18H2,2-3H3,(H,32,33)/b22-14-. The first-order valence-corrected chi connectivity index (χ1v) is 12.6. The minimum Gasteiger partial charge on any atom is -0.497 e. The molecule has 1 N–H and O–H groups in total. The zero-order valence-electron chi connectivity index (χ0n) is 20.2. The van der Waals surface area contributed by atoms with Gasteiger partial charge in [0.15, 0.2) is 11.5 Å². The molecule has 0 spiro atoms. The molecule has 0 saturated carbocycles. The van der Waals surface area contributed by atoms with Gasteiger partial charge in [-0.05, 0) is 89.5 Å². The van der Waals surface area contributed by atoms with Crippen molar-refractivity contribution >= 4 is 45.3 Å². The maximum atomic E-state index is 9.92. The molecule has 0 radical (unpaired) electrons. The van der Waals surface area contributed by atoms with E-state index in [-0.39, 0.29) is 0 Å². The van der Waals surface area contributed by atoms with E-state index in [9.17, 15) is 5.26 Å². The van der Waals surface area contributed by atoms with Gasteiger partial charge in [-0.15, -0.1) is 6.58 Å². The molecule has 0 saturated heterocycles. The number of H-pyrrole nitrogens is 1. The van der Waals surface area contributed by atoms with E-state index in [4.69, 9.17) is 14.2 Å². The van der Waals surface area contributed by atoms with E-state index in [0.717, 1.165) is 33.5 Å². The van der Waals surface area contributed by atoms with Gasteiger partial charge >= 0.3 is 0 Å². The number of nitrogens with zero attached hydrogens (tertiary/aromatic N) is 2. The molecule has 36 heavy (non-hydrogen) atoms. The second-order valence-electron chi connectivity index (χ2n) is 7.99. The number of aromatic amines is 1. The summed E-state index contributed by atoms with van der Waals surface area (Å²) in [7, 11) is 1.61. The Hall–Kier alpha value is -3.77. The lowest BCUT2D eigenvalue weighted by Crippen LogP contribution is -2.03. The summed E-state index contributed by atoms with van der Waals surface area (Å²) in [5, 5.41) is 9.92. The summed E-state index contributed by atoms with van der Waals surface area (Å²) >= 11 is 2.28. The fraction of sp³-hybridized carbons (Fsp3) is 0.172. The zero-order chi connectivity index (χ0) is 25.5. The number of nitrogens with one attached hydrogen (secondary N) is 1. The monoisotopic (exact) mass is 591 g/mol. The van der Waals surface area contributed by atoms with E-state index in [1.165, 1.54) is 3.57 Å². The predicted molar refractivity (Wildman–Crippen MR) is 151 cm³/mol. The van der Waals surface area contributed by atoms with Crippen molar-refractivity contribution in [2.45, 2.75) is 20.0 Å². The molecule has 0 aliphatic rings. The summed E-state index contributed by atoms with van der Waals surface area (Å²) < 4.78 is 18.7. The van der Waals surface area contributed by atoms with Crippen LogP contribution in [0.25, 0.3) is 22.7 Å². The van der Waals surface area contributed by atoms with Crippen LogP contribution in [0.15, 0.2) is 67.3 Å². The Balaban J connectivity index is 1.71. The number of aromatic nitrogens is 2. The fourth-order valence-electron chi connectivity index (χ4n) is 3.80. The molecule has 0 amide bonds. The second-order valence-corrected chi connectivity index (χ2v) is 9.23. The van der Waals surface area contributed by atoms with Gasteiger partial charge in [0, 0.05) is 15.2 Å². The van der Waals surface area contributed by atoms with E-state index in [1.807, 2.05) is 43.3 Å². The molecule has 0 bridgehead atoms. The smallest absolute Gasteiger partial charge is 0.165 e. The van der Waals surface area contributed by atoms with Gasteiger partial charge in [0.1, 0.15) is 24.3 Å². The number of rotatable bonds is 10. The van der Waals surface area contributed by atoms with Gasteiger partial charge in [0.05, 0.1) is 30.3 Å². The number of hydrogen-bond donors (Lipinski definition) is 1. The van der Waals surface area contributed by atoms with Gasteiger partial charge in [-0.2, -0.15) is 5.26 Å². The number of nitriles is 1. The molecule has 6 nitrogen and oxygen atoms in total. The van der Waals surface area contributed by atoms with Gasteiger partial charge in [0.25, 0.3) is 0 Å². The molecule has 0 aliphatic carbocycles. The molecule has 0 fully saturated rings. The first kappa shape index (κ1) is 25.3. The number of imidazole rings is 1. The van der Waals surface area contributed by atoms with Gasteiger partial charge < -0.3 is 19.2 Å². The highest BCUT2D eigenvalue weighted by Crippen LogP contribution is 2.36. The third-order valence-corrected chi connectivity index (χ3v) is 6.21. The van der Waals surface area contributed by atoms with Gasteiger partial charge in [-0.1, -0.05) is 18.2 Å². The highest BCUT2D eigenvalue weighted by molar-refractivity contribution is 14.1. The first-order chi connectivity index (χ1) is 17.5. The van der Waals surface area contributed by atoms with Crippen molar-refractivity contribution in [1.29, 1.82) is 5.26 Å². The van der Waals surface area contributed by atoms with E-state index >= 15 is 0 Å². The fourth-order valence-corrected chi connectivity index (χ4v) is 4.16. The third kappa shape index (κ3) is 5.89. The number of methoxy groups -OCH3 is 1. The van der Waals surface area contributed by atoms with Crippen molar-refractivity contribution in [2.24, 2.45) is 0 Å². The van der Waals surface area contributed by atoms with E-state index in [1.54, 1.807) is 13.2 Å². The molecule has 4 rings (SSSR count). The summed E-state index contributed by atoms with van der Waals surface area (Å²) in [4.78, 5) is 7.81. The molecule has 1 heterocycles. The van der Waals surface area contributed by atoms with Crippen LogP contribution in [0.5, 0.6) is 17.2 Å². The quantitative estimate of drug-likeness (QED) is 0.123. The third-order valence-electron chi connectivity index (χ3n) is 5.49. The number of halogens is 1. The lowest BCUT2D eigenvalue weighted by Gasteiger charge is -2.17. The van der Waals surface area contributed by atoms with Crippen molar-refractivity contribution in [3.8, 4) is 23.3 Å². The maximum absolute atomic E-state index is 9.92. The average molecular weight is 591 g/mol. The normalized spacial score (nSPS) is 11.2. The summed E-state index contributed by atoms with van der Waals surface area (Å²) in [5.74, 6) is 2.52. The van der Waals surface area contributed by atoms with Crippen molar-refractivity contribution in [1.82, 2.24) is 9.97 Å². The molecule has 3 aromatic carbocycles. The van der Waals surface area contributed by atoms with Crippen LogP contribution in [0.4, 0.5) is 0 Å². The van der Waals surface area contributed by atoms with Crippen LogP contribution in [-0.2, 0) is 13.0 Å². The van der Waals surface area contributed by atoms with E-state index in [0.29, 0.717) is 42.5 Å². The van der Waals surface area contributed by atoms with Crippen molar-refractivity contribution in [2.75, 3.05) is 13.7 Å². The molecular weight excluding hydrogens is 565 g/mol. The number of benzene rings is 3. The summed E-state index contributed by atoms with van der Waals surface area (Å²) in [6.07, 6.45) is 4.22. The minimum absolute atomic E-state index is 0.407. The number of hydrogen-bond acceptors (Lipinski definition) is 5. The number of fused-ring (bicyclic) bond motifs is 1. The Kier molecular flexibility index (Phi) is 8.28. The van der Waals surface area contributed by atoms with Crippen LogP contribution >= 0.6 is 22.6 Å². The maximum Gasteiger partial charge on any atom is 0.165 e. The lowest BCUT2D eigenvalue weighted by molar-refractivity contribution is 0.267. The van der Waals surface area contributed by atoms with Crippen LogP contribution < -0.4 is 14.2 Å². The molecule has 7 heteroatoms. The Morgan fingerprint density at radius 2 is 1.94 bits per heavy atom. The topological polar surface area (TPSA) is 80.2 Å². The molecular formula is C29H26IN3O3. The Morgan fingerprint density at radius 1 is 1.14 bits per heavy atom. The second kappa shape index (κ2) is 11.8. The number of ether oxygens (including phenoxy) is 3. The van der Waals surface area contributed by atoms with Crippen LogP contribution in [0.1, 0.15) is 29.4 Å². The zero-order valence-corrected chi connectivity index (χ0v) is 22.3. The molecule has 182 valence electrons. The van der Waals surface area contributed by atoms with E-state index < -0.39 is 0 Å². The van der Waals surface area contributed by atoms with Crippen molar-refractivity contribution < 1.29 is 14.2 Å². The Morgan fingerprint density at radius 3 is 2.64 bits per heavy atom. The number of allylic oxidation sites excluding steroid dienone is 2. The molecule has 0 unspecified atom stereocenters. The Labute approximate surface area is 224 Å². The van der Waals surface area contributed by atoms with E-state index in [2.05, 4.69) is 69.5 Å². The molecule has 0 aliphatic heterocycles. The van der Waals surface area contributed by atoms with Crippen LogP contribution in [0.2, 0.25) is 0 Å². The molecule has 1 aromatic heterocycles. The lowest BCUT2D eigenvalue weighted by atomic mass is 10.0. The van der Waals surface area contributed by atoms with Gasteiger partial charge in [-0.25, -0.2) is 4.98 Å². The first-order valence-electron chi connectivity index (χ1n) is 11.5.